The minimum absolute atomic E-state index is 0.224. The molecule has 3 heteroatoms. The zero-order valence-electron chi connectivity index (χ0n) is 9.24. The summed E-state index contributed by atoms with van der Waals surface area (Å²) in [5.41, 5.74) is 2.03. The van der Waals surface area contributed by atoms with Crippen molar-refractivity contribution in [2.45, 2.75) is 0 Å². The Labute approximate surface area is 92.5 Å². The van der Waals surface area contributed by atoms with Gasteiger partial charge in [0.05, 0.1) is 19.5 Å². The van der Waals surface area contributed by atoms with Crippen LogP contribution in [0.4, 0.5) is 4.39 Å². The van der Waals surface area contributed by atoms with E-state index in [1.807, 2.05) is 35.9 Å². The van der Waals surface area contributed by atoms with E-state index < -0.39 is 0 Å². The van der Waals surface area contributed by atoms with Crippen LogP contribution < -0.4 is 4.57 Å². The van der Waals surface area contributed by atoms with E-state index in [-0.39, 0.29) is 5.95 Å². The molecule has 1 aromatic carbocycles. The van der Waals surface area contributed by atoms with Gasteiger partial charge in [-0.1, -0.05) is 12.1 Å². The summed E-state index contributed by atoms with van der Waals surface area (Å²) < 4.78 is 17.1. The van der Waals surface area contributed by atoms with Crippen LogP contribution in [-0.2, 0) is 14.1 Å². The summed E-state index contributed by atoms with van der Waals surface area (Å²) in [6, 6.07) is 11.5. The summed E-state index contributed by atoms with van der Waals surface area (Å²) in [6.07, 6.45) is 0. The Hall–Kier alpha value is -1.90. The van der Waals surface area contributed by atoms with E-state index in [1.165, 1.54) is 6.07 Å². The molecule has 0 N–H and O–H groups in total. The fourth-order valence-electron chi connectivity index (χ4n) is 2.34. The Morgan fingerprint density at radius 1 is 1.06 bits per heavy atom. The average molecular weight is 215 g/mol. The Bertz CT molecular complexity index is 698. The van der Waals surface area contributed by atoms with Crippen molar-refractivity contribution in [2.75, 3.05) is 0 Å². The smallest absolute Gasteiger partial charge is 0.229 e. The SMILES string of the molecule is Cn1c2ccccc2c2ccc(F)[n+](C)c21. The number of pyridine rings is 1. The Morgan fingerprint density at radius 2 is 1.81 bits per heavy atom. The number of aryl methyl sites for hydroxylation is 2. The summed E-state index contributed by atoms with van der Waals surface area (Å²) in [7, 11) is 3.71. The van der Waals surface area contributed by atoms with Crippen molar-refractivity contribution in [1.29, 1.82) is 0 Å². The van der Waals surface area contributed by atoms with Crippen molar-refractivity contribution in [3.63, 3.8) is 0 Å². The maximum Gasteiger partial charge on any atom is 0.291 e. The van der Waals surface area contributed by atoms with Crippen LogP contribution in [0.5, 0.6) is 0 Å². The molecule has 0 spiro atoms. The summed E-state index contributed by atoms with van der Waals surface area (Å²) >= 11 is 0. The van der Waals surface area contributed by atoms with Crippen LogP contribution in [0, 0.1) is 5.95 Å². The van der Waals surface area contributed by atoms with Crippen molar-refractivity contribution >= 4 is 21.9 Å². The summed E-state index contributed by atoms with van der Waals surface area (Å²) in [5, 5.41) is 2.25. The van der Waals surface area contributed by atoms with Crippen LogP contribution in [-0.4, -0.2) is 4.57 Å². The lowest BCUT2D eigenvalue weighted by molar-refractivity contribution is -0.677. The zero-order valence-corrected chi connectivity index (χ0v) is 9.24. The molecule has 2 heterocycles. The third-order valence-corrected chi connectivity index (χ3v) is 3.14. The molecule has 0 amide bonds. The predicted octanol–water partition coefficient (Wildman–Crippen LogP) is 2.30. The van der Waals surface area contributed by atoms with Gasteiger partial charge in [-0.3, -0.25) is 0 Å². The molecule has 0 aliphatic heterocycles. The number of nitrogens with zero attached hydrogens (tertiary/aromatic N) is 2. The van der Waals surface area contributed by atoms with Crippen molar-refractivity contribution in [2.24, 2.45) is 14.1 Å². The van der Waals surface area contributed by atoms with Crippen LogP contribution in [0.15, 0.2) is 36.4 Å². The van der Waals surface area contributed by atoms with Crippen molar-refractivity contribution < 1.29 is 8.96 Å². The topological polar surface area (TPSA) is 8.81 Å². The minimum Gasteiger partial charge on any atom is -0.229 e. The van der Waals surface area contributed by atoms with Crippen LogP contribution in [0.3, 0.4) is 0 Å². The predicted molar refractivity (Wildman–Crippen MR) is 61.6 cm³/mol. The summed E-state index contributed by atoms with van der Waals surface area (Å²) in [5.74, 6) is -0.224. The van der Waals surface area contributed by atoms with Gasteiger partial charge in [-0.25, -0.2) is 9.13 Å². The van der Waals surface area contributed by atoms with Gasteiger partial charge in [-0.05, 0) is 18.2 Å². The van der Waals surface area contributed by atoms with Gasteiger partial charge in [-0.15, -0.1) is 0 Å². The maximum absolute atomic E-state index is 13.5. The Kier molecular flexibility index (Phi) is 1.78. The van der Waals surface area contributed by atoms with Gasteiger partial charge in [0.25, 0.3) is 11.6 Å². The first-order valence-electron chi connectivity index (χ1n) is 5.22. The number of benzene rings is 1. The molecule has 0 bridgehead atoms. The van der Waals surface area contributed by atoms with E-state index in [0.717, 1.165) is 21.9 Å². The number of fused-ring (bicyclic) bond motifs is 3. The lowest BCUT2D eigenvalue weighted by Crippen LogP contribution is -2.35. The molecule has 0 aliphatic rings. The molecule has 0 unspecified atom stereocenters. The summed E-state index contributed by atoms with van der Waals surface area (Å²) in [6.45, 7) is 0. The Balaban J connectivity index is 2.67. The fraction of sp³-hybridized carbons (Fsp3) is 0.154. The number of hydrogen-bond acceptors (Lipinski definition) is 0. The lowest BCUT2D eigenvalue weighted by atomic mass is 10.2. The van der Waals surface area contributed by atoms with Gasteiger partial charge < -0.3 is 0 Å². The second-order valence-electron chi connectivity index (χ2n) is 4.03. The monoisotopic (exact) mass is 215 g/mol. The molecule has 0 saturated heterocycles. The quantitative estimate of drug-likeness (QED) is 0.402. The van der Waals surface area contributed by atoms with Gasteiger partial charge in [0.15, 0.2) is 0 Å². The minimum atomic E-state index is -0.224. The average Bonchev–Trinajstić information content (AvgIpc) is 2.59. The van der Waals surface area contributed by atoms with Crippen LogP contribution in [0.25, 0.3) is 21.9 Å². The van der Waals surface area contributed by atoms with Crippen LogP contribution >= 0.6 is 0 Å². The molecule has 2 aromatic heterocycles. The van der Waals surface area contributed by atoms with Gasteiger partial charge in [0.2, 0.25) is 0 Å². The highest BCUT2D eigenvalue weighted by Gasteiger charge is 2.18. The van der Waals surface area contributed by atoms with E-state index in [2.05, 4.69) is 6.07 Å². The van der Waals surface area contributed by atoms with Gasteiger partial charge in [-0.2, -0.15) is 4.39 Å². The van der Waals surface area contributed by atoms with Gasteiger partial charge >= 0.3 is 0 Å². The van der Waals surface area contributed by atoms with Crippen LogP contribution in [0.2, 0.25) is 0 Å². The standard InChI is InChI=1S/C13H12FN2/c1-15-11-6-4-3-5-9(11)10-7-8-12(14)16(2)13(10)15/h3-8H,1-2H3/q+1. The van der Waals surface area contributed by atoms with Crippen molar-refractivity contribution in [3.8, 4) is 0 Å². The first kappa shape index (κ1) is 9.33. The molecule has 0 saturated carbocycles. The maximum atomic E-state index is 13.5. The first-order chi connectivity index (χ1) is 7.70. The molecule has 80 valence electrons. The first-order valence-corrected chi connectivity index (χ1v) is 5.22. The molecule has 0 aliphatic carbocycles. The van der Waals surface area contributed by atoms with Gasteiger partial charge in [0, 0.05) is 11.5 Å². The molecule has 3 aromatic rings. The van der Waals surface area contributed by atoms with Crippen molar-refractivity contribution in [1.82, 2.24) is 4.57 Å². The number of aromatic nitrogens is 2. The number of para-hydroxylation sites is 1. The summed E-state index contributed by atoms with van der Waals surface area (Å²) in [4.78, 5) is 0. The molecule has 0 fully saturated rings. The Morgan fingerprint density at radius 3 is 2.62 bits per heavy atom. The highest BCUT2D eigenvalue weighted by Crippen LogP contribution is 2.25. The van der Waals surface area contributed by atoms with Crippen molar-refractivity contribution in [3.05, 3.63) is 42.3 Å². The highest BCUT2D eigenvalue weighted by atomic mass is 19.1. The number of hydrogen-bond donors (Lipinski definition) is 0. The third kappa shape index (κ3) is 1.03. The van der Waals surface area contributed by atoms with E-state index in [4.69, 9.17) is 0 Å². The molecule has 16 heavy (non-hydrogen) atoms. The molecule has 0 radical (unpaired) electrons. The van der Waals surface area contributed by atoms with Crippen LogP contribution in [0.1, 0.15) is 0 Å². The lowest BCUT2D eigenvalue weighted by Gasteiger charge is -1.96. The van der Waals surface area contributed by atoms with E-state index >= 15 is 0 Å². The third-order valence-electron chi connectivity index (χ3n) is 3.14. The molecular formula is C13H12FN2+. The van der Waals surface area contributed by atoms with Gasteiger partial charge in [0.1, 0.15) is 5.52 Å². The number of rotatable bonds is 0. The highest BCUT2D eigenvalue weighted by molar-refractivity contribution is 6.05. The van der Waals surface area contributed by atoms with E-state index in [1.54, 1.807) is 11.6 Å². The molecule has 0 atom stereocenters. The molecule has 2 nitrogen and oxygen atoms in total. The molecular weight excluding hydrogens is 203 g/mol. The fourth-order valence-corrected chi connectivity index (χ4v) is 2.34. The normalized spacial score (nSPS) is 11.4. The zero-order chi connectivity index (χ0) is 11.3. The van der Waals surface area contributed by atoms with E-state index in [0.29, 0.717) is 0 Å². The second kappa shape index (κ2) is 3.04. The molecule has 3 rings (SSSR count). The second-order valence-corrected chi connectivity index (χ2v) is 4.03. The number of halogens is 1. The largest absolute Gasteiger partial charge is 0.291 e. The van der Waals surface area contributed by atoms with E-state index in [9.17, 15) is 4.39 Å².